The van der Waals surface area contributed by atoms with Gasteiger partial charge in [0.2, 0.25) is 0 Å². The Kier molecular flexibility index (Phi) is 4.17. The van der Waals surface area contributed by atoms with Crippen LogP contribution < -0.4 is 0 Å². The summed E-state index contributed by atoms with van der Waals surface area (Å²) >= 11 is 0. The predicted molar refractivity (Wildman–Crippen MR) is 80.4 cm³/mol. The highest BCUT2D eigenvalue weighted by molar-refractivity contribution is 7.91. The van der Waals surface area contributed by atoms with Crippen LogP contribution >= 0.6 is 0 Å². The fourth-order valence-corrected chi connectivity index (χ4v) is 4.80. The molecule has 118 valence electrons. The molecule has 0 bridgehead atoms. The zero-order chi connectivity index (χ0) is 15.7. The lowest BCUT2D eigenvalue weighted by atomic mass is 10.1. The zero-order valence-electron chi connectivity index (χ0n) is 12.2. The molecule has 1 atom stereocenters. The topological polar surface area (TPSA) is 64.4 Å². The largest absolute Gasteiger partial charge is 0.296 e. The van der Waals surface area contributed by atoms with Gasteiger partial charge in [-0.1, -0.05) is 12.1 Å². The highest BCUT2D eigenvalue weighted by Crippen LogP contribution is 2.20. The van der Waals surface area contributed by atoms with Crippen molar-refractivity contribution in [1.29, 1.82) is 5.26 Å². The van der Waals surface area contributed by atoms with Gasteiger partial charge in [0.15, 0.2) is 9.84 Å². The van der Waals surface area contributed by atoms with Gasteiger partial charge >= 0.3 is 0 Å². The number of hydrogen-bond acceptors (Lipinski definition) is 5. The molecule has 2 aliphatic heterocycles. The summed E-state index contributed by atoms with van der Waals surface area (Å²) in [5.74, 6) is -0.0456. The molecule has 0 aromatic heterocycles. The van der Waals surface area contributed by atoms with E-state index in [9.17, 15) is 12.8 Å². The number of benzene rings is 1. The van der Waals surface area contributed by atoms with Crippen molar-refractivity contribution in [3.8, 4) is 6.07 Å². The highest BCUT2D eigenvalue weighted by atomic mass is 32.2. The first-order valence-corrected chi connectivity index (χ1v) is 9.15. The van der Waals surface area contributed by atoms with E-state index >= 15 is 0 Å². The molecule has 0 amide bonds. The Labute approximate surface area is 129 Å². The molecule has 0 aliphatic carbocycles. The molecule has 2 aliphatic rings. The third-order valence-electron chi connectivity index (χ3n) is 4.42. The van der Waals surface area contributed by atoms with Gasteiger partial charge in [0.1, 0.15) is 11.9 Å². The van der Waals surface area contributed by atoms with E-state index in [1.54, 1.807) is 12.1 Å². The van der Waals surface area contributed by atoms with Crippen LogP contribution in [0.15, 0.2) is 18.2 Å². The Balaban J connectivity index is 1.71. The molecular formula is C15H18FN3O2S. The summed E-state index contributed by atoms with van der Waals surface area (Å²) < 4.78 is 37.7. The van der Waals surface area contributed by atoms with Crippen LogP contribution in [0.4, 0.5) is 4.39 Å². The van der Waals surface area contributed by atoms with Gasteiger partial charge in [-0.3, -0.25) is 9.80 Å². The quantitative estimate of drug-likeness (QED) is 0.798. The van der Waals surface area contributed by atoms with Crippen molar-refractivity contribution in [3.63, 3.8) is 0 Å². The number of nitriles is 1. The van der Waals surface area contributed by atoms with E-state index in [0.717, 1.165) is 13.1 Å². The van der Waals surface area contributed by atoms with E-state index in [4.69, 9.17) is 5.26 Å². The molecule has 0 saturated carbocycles. The first-order valence-electron chi connectivity index (χ1n) is 7.33. The Morgan fingerprint density at radius 2 is 2.14 bits per heavy atom. The summed E-state index contributed by atoms with van der Waals surface area (Å²) in [5.41, 5.74) is 0.544. The molecule has 0 unspecified atom stereocenters. The third kappa shape index (κ3) is 3.14. The number of nitrogens with zero attached hydrogens (tertiary/aromatic N) is 3. The van der Waals surface area contributed by atoms with Gasteiger partial charge in [-0.2, -0.15) is 5.26 Å². The summed E-state index contributed by atoms with van der Waals surface area (Å²) in [5, 5.41) is 8.88. The van der Waals surface area contributed by atoms with E-state index in [-0.39, 0.29) is 23.1 Å². The van der Waals surface area contributed by atoms with E-state index in [1.165, 1.54) is 6.07 Å². The van der Waals surface area contributed by atoms with Gasteiger partial charge in [0, 0.05) is 44.3 Å². The molecular weight excluding hydrogens is 305 g/mol. The SMILES string of the molecule is N#Cc1cccc(CN2CCN3CCS(=O)(=O)C[C@@H]3C2)c1F. The van der Waals surface area contributed by atoms with Crippen LogP contribution in [0.25, 0.3) is 0 Å². The number of hydrogen-bond donors (Lipinski definition) is 0. The third-order valence-corrected chi connectivity index (χ3v) is 6.11. The predicted octanol–water partition coefficient (Wildman–Crippen LogP) is 0.612. The van der Waals surface area contributed by atoms with Gasteiger partial charge in [0.25, 0.3) is 0 Å². The molecule has 2 heterocycles. The van der Waals surface area contributed by atoms with Crippen LogP contribution in [0.1, 0.15) is 11.1 Å². The minimum absolute atomic E-state index is 0.00490. The van der Waals surface area contributed by atoms with Crippen molar-refractivity contribution >= 4 is 9.84 Å². The molecule has 22 heavy (non-hydrogen) atoms. The van der Waals surface area contributed by atoms with E-state index in [1.807, 2.05) is 6.07 Å². The Hall–Kier alpha value is -1.49. The number of rotatable bonds is 2. The average Bonchev–Trinajstić information content (AvgIpc) is 2.48. The van der Waals surface area contributed by atoms with Crippen molar-refractivity contribution in [1.82, 2.24) is 9.80 Å². The van der Waals surface area contributed by atoms with Crippen LogP contribution in [0.3, 0.4) is 0 Å². The van der Waals surface area contributed by atoms with Crippen LogP contribution in [0.2, 0.25) is 0 Å². The smallest absolute Gasteiger partial charge is 0.153 e. The average molecular weight is 323 g/mol. The lowest BCUT2D eigenvalue weighted by Crippen LogP contribution is -2.59. The molecule has 5 nitrogen and oxygen atoms in total. The summed E-state index contributed by atoms with van der Waals surface area (Å²) in [6.07, 6.45) is 0. The zero-order valence-corrected chi connectivity index (χ0v) is 13.0. The summed E-state index contributed by atoms with van der Waals surface area (Å²) in [6, 6.07) is 6.67. The van der Waals surface area contributed by atoms with Gasteiger partial charge in [-0.05, 0) is 6.07 Å². The van der Waals surface area contributed by atoms with Crippen LogP contribution in [0.5, 0.6) is 0 Å². The van der Waals surface area contributed by atoms with E-state index in [2.05, 4.69) is 9.80 Å². The van der Waals surface area contributed by atoms with Crippen molar-refractivity contribution in [3.05, 3.63) is 35.1 Å². The maximum absolute atomic E-state index is 14.1. The molecule has 7 heteroatoms. The number of halogens is 1. The Morgan fingerprint density at radius 1 is 1.32 bits per heavy atom. The molecule has 2 saturated heterocycles. The van der Waals surface area contributed by atoms with Crippen LogP contribution in [-0.2, 0) is 16.4 Å². The summed E-state index contributed by atoms with van der Waals surface area (Å²) in [7, 11) is -2.95. The summed E-state index contributed by atoms with van der Waals surface area (Å²) in [6.45, 7) is 3.22. The minimum Gasteiger partial charge on any atom is -0.296 e. The molecule has 1 aromatic carbocycles. The number of sulfone groups is 1. The second-order valence-corrected chi connectivity index (χ2v) is 8.16. The molecule has 3 rings (SSSR count). The van der Waals surface area contributed by atoms with Crippen molar-refractivity contribution in [2.45, 2.75) is 12.6 Å². The number of fused-ring (bicyclic) bond motifs is 1. The molecule has 0 radical (unpaired) electrons. The highest BCUT2D eigenvalue weighted by Gasteiger charge is 2.35. The first kappa shape index (κ1) is 15.4. The Morgan fingerprint density at radius 3 is 2.91 bits per heavy atom. The first-order chi connectivity index (χ1) is 10.5. The maximum atomic E-state index is 14.1. The van der Waals surface area contributed by atoms with Crippen LogP contribution in [0, 0.1) is 17.1 Å². The standard InChI is InChI=1S/C15H18FN3O2S/c16-15-12(8-17)2-1-3-13(15)9-18-4-5-19-6-7-22(20,21)11-14(19)10-18/h1-3,14H,4-7,9-11H2/t14-/m0/s1. The fraction of sp³-hybridized carbons (Fsp3) is 0.533. The monoisotopic (exact) mass is 323 g/mol. The second-order valence-electron chi connectivity index (χ2n) is 5.93. The fourth-order valence-electron chi connectivity index (χ4n) is 3.22. The van der Waals surface area contributed by atoms with E-state index in [0.29, 0.717) is 25.2 Å². The normalized spacial score (nSPS) is 25.4. The van der Waals surface area contributed by atoms with Crippen LogP contribution in [-0.4, -0.2) is 61.9 Å². The van der Waals surface area contributed by atoms with Gasteiger partial charge < -0.3 is 0 Å². The number of piperazine rings is 1. The Bertz CT molecular complexity index is 714. The van der Waals surface area contributed by atoms with Crippen molar-refractivity contribution in [2.75, 3.05) is 37.7 Å². The summed E-state index contributed by atoms with van der Waals surface area (Å²) in [4.78, 5) is 4.28. The molecule has 0 spiro atoms. The molecule has 2 fully saturated rings. The van der Waals surface area contributed by atoms with Crippen molar-refractivity contribution < 1.29 is 12.8 Å². The lowest BCUT2D eigenvalue weighted by Gasteiger charge is -2.43. The second kappa shape index (κ2) is 5.95. The lowest BCUT2D eigenvalue weighted by molar-refractivity contribution is 0.0804. The van der Waals surface area contributed by atoms with Gasteiger partial charge in [-0.15, -0.1) is 0 Å². The maximum Gasteiger partial charge on any atom is 0.153 e. The molecule has 1 aromatic rings. The molecule has 0 N–H and O–H groups in total. The van der Waals surface area contributed by atoms with Gasteiger partial charge in [-0.25, -0.2) is 12.8 Å². The van der Waals surface area contributed by atoms with E-state index < -0.39 is 15.7 Å². The van der Waals surface area contributed by atoms with Crippen molar-refractivity contribution in [2.24, 2.45) is 0 Å². The minimum atomic E-state index is -2.95. The van der Waals surface area contributed by atoms with Gasteiger partial charge in [0.05, 0.1) is 17.1 Å².